The number of rotatable bonds is 1. The second-order valence-electron chi connectivity index (χ2n) is 0.287. The summed E-state index contributed by atoms with van der Waals surface area (Å²) in [5.74, 6) is 0. The van der Waals surface area contributed by atoms with Crippen molar-refractivity contribution in [1.82, 2.24) is 0 Å². The normalized spacial score (nSPS) is 3.57. The fourth-order valence-corrected chi connectivity index (χ4v) is 0. The van der Waals surface area contributed by atoms with Crippen LogP contribution in [0.3, 0.4) is 0 Å². The zero-order chi connectivity index (χ0) is 5.41. The van der Waals surface area contributed by atoms with Crippen molar-refractivity contribution in [1.29, 1.82) is 0 Å². The molecule has 0 aromatic carbocycles. The number of ether oxygens (including phenoxy) is 1. The Morgan fingerprint density at radius 1 is 1.57 bits per heavy atom. The van der Waals surface area contributed by atoms with Crippen molar-refractivity contribution in [2.45, 2.75) is 0 Å². The third-order valence-corrected chi connectivity index (χ3v) is 0.0833. The molecule has 0 amide bonds. The quantitative estimate of drug-likeness (QED) is 0.474. The first-order valence-electron chi connectivity index (χ1n) is 1.05. The average Bonchev–Trinajstić information content (AvgIpc) is 1.72. The summed E-state index contributed by atoms with van der Waals surface area (Å²) in [6.45, 7) is 4.43. The molecule has 0 aromatic heterocycles. The third-order valence-electron chi connectivity index (χ3n) is 0.0833. The summed E-state index contributed by atoms with van der Waals surface area (Å²) in [4.78, 5) is 16.6. The molecule has 0 aliphatic heterocycles. The maximum absolute atomic E-state index is 8.83. The van der Waals surface area contributed by atoms with E-state index in [0.29, 0.717) is 0 Å². The van der Waals surface area contributed by atoms with E-state index in [-0.39, 0.29) is 21.1 Å². The van der Waals surface area contributed by atoms with E-state index in [1.54, 1.807) is 0 Å². The summed E-state index contributed by atoms with van der Waals surface area (Å²) in [7, 11) is 1.26. The minimum Gasteiger partial charge on any atom is -0.655 e. The molecule has 0 rings (SSSR count). The Bertz CT molecular complexity index is 31.4. The molecule has 0 saturated heterocycles. The van der Waals surface area contributed by atoms with Gasteiger partial charge in [-0.3, -0.25) is 6.79 Å². The predicted octanol–water partition coefficient (Wildman–Crippen LogP) is -0.577. The zero-order valence-corrected chi connectivity index (χ0v) is 6.64. The van der Waals surface area contributed by atoms with E-state index in [9.17, 15) is 0 Å². The van der Waals surface area contributed by atoms with Gasteiger partial charge in [-0.25, -0.2) is 0 Å². The third kappa shape index (κ3) is 125. The molecule has 0 aromatic rings. The molecule has 0 aliphatic carbocycles. The van der Waals surface area contributed by atoms with Crippen LogP contribution in [0.5, 0.6) is 0 Å². The van der Waals surface area contributed by atoms with Crippen LogP contribution in [0.4, 0.5) is 0 Å². The smallest absolute Gasteiger partial charge is 0.655 e. The summed E-state index contributed by atoms with van der Waals surface area (Å²) in [5, 5.41) is 0. The topological polar surface area (TPSA) is 43.4 Å². The van der Waals surface area contributed by atoms with Gasteiger partial charge in [-0.2, -0.15) is 0 Å². The van der Waals surface area contributed by atoms with Crippen molar-refractivity contribution in [3.63, 3.8) is 0 Å². The monoisotopic (exact) mass is 272 g/mol. The standard InChI is InChI=1S/C2H3O2.CHO.W/c1-4-2-3;1-2;/h1H3;1H;/q2*-1;+2. The van der Waals surface area contributed by atoms with Crippen molar-refractivity contribution < 1.29 is 35.4 Å². The molecular weight excluding hydrogens is 268 g/mol. The second-order valence-corrected chi connectivity index (χ2v) is 0.287. The van der Waals surface area contributed by atoms with Crippen LogP contribution in [-0.4, -0.2) is 20.4 Å². The van der Waals surface area contributed by atoms with Gasteiger partial charge in [-0.05, 0) is 0 Å². The fraction of sp³-hybridized carbons (Fsp3) is 0.333. The predicted molar refractivity (Wildman–Crippen MR) is 19.5 cm³/mol. The fourth-order valence-electron chi connectivity index (χ4n) is 0. The van der Waals surface area contributed by atoms with Crippen molar-refractivity contribution in [3.8, 4) is 0 Å². The van der Waals surface area contributed by atoms with E-state index in [1.807, 2.05) is 0 Å². The number of hydrogen-bond acceptors (Lipinski definition) is 3. The number of hydrogen-bond donors (Lipinski definition) is 0. The molecule has 4 heteroatoms. The summed E-state index contributed by atoms with van der Waals surface area (Å²) in [5.41, 5.74) is 0. The molecule has 7 heavy (non-hydrogen) atoms. The van der Waals surface area contributed by atoms with Crippen molar-refractivity contribution in [2.75, 3.05) is 7.11 Å². The first-order valence-corrected chi connectivity index (χ1v) is 1.05. The van der Waals surface area contributed by atoms with Gasteiger partial charge in [-0.1, -0.05) is 6.47 Å². The summed E-state index contributed by atoms with van der Waals surface area (Å²) < 4.78 is 3.74. The van der Waals surface area contributed by atoms with Crippen LogP contribution in [0.25, 0.3) is 0 Å². The Hall–Kier alpha value is -0.172. The molecular formula is C3H4O3W. The Morgan fingerprint density at radius 3 is 1.71 bits per heavy atom. The van der Waals surface area contributed by atoms with Crippen molar-refractivity contribution in [2.24, 2.45) is 0 Å². The van der Waals surface area contributed by atoms with Gasteiger partial charge in [0.05, 0.1) is 0 Å². The molecule has 0 radical (unpaired) electrons. The molecule has 0 N–H and O–H groups in total. The van der Waals surface area contributed by atoms with Gasteiger partial charge in [0.15, 0.2) is 0 Å². The molecule has 0 heterocycles. The van der Waals surface area contributed by atoms with E-state index in [0.717, 1.165) is 0 Å². The zero-order valence-electron chi connectivity index (χ0n) is 3.71. The van der Waals surface area contributed by atoms with Crippen LogP contribution in [-0.2, 0) is 35.4 Å². The summed E-state index contributed by atoms with van der Waals surface area (Å²) in [6, 6.07) is 0. The van der Waals surface area contributed by atoms with E-state index >= 15 is 0 Å². The molecule has 0 spiro atoms. The van der Waals surface area contributed by atoms with Gasteiger partial charge in [0.25, 0.3) is 0 Å². The van der Waals surface area contributed by atoms with E-state index < -0.39 is 0 Å². The molecule has 0 fully saturated rings. The maximum Gasteiger partial charge on any atom is 2.00 e. The van der Waals surface area contributed by atoms with E-state index in [1.165, 1.54) is 13.6 Å². The van der Waals surface area contributed by atoms with Gasteiger partial charge in [0, 0.05) is 7.11 Å². The molecule has 40 valence electrons. The van der Waals surface area contributed by atoms with Crippen LogP contribution in [0.15, 0.2) is 0 Å². The number of methoxy groups -OCH3 is 1. The van der Waals surface area contributed by atoms with Crippen molar-refractivity contribution >= 4 is 13.3 Å². The second kappa shape index (κ2) is 40.6. The van der Waals surface area contributed by atoms with E-state index in [2.05, 4.69) is 11.5 Å². The average molecular weight is 272 g/mol. The van der Waals surface area contributed by atoms with Gasteiger partial charge >= 0.3 is 21.1 Å². The summed E-state index contributed by atoms with van der Waals surface area (Å²) >= 11 is 0. The van der Waals surface area contributed by atoms with Crippen molar-refractivity contribution in [3.05, 3.63) is 0 Å². The summed E-state index contributed by atoms with van der Waals surface area (Å²) in [6.07, 6.45) is 0. The minimum atomic E-state index is 0. The van der Waals surface area contributed by atoms with Gasteiger partial charge in [0.2, 0.25) is 0 Å². The van der Waals surface area contributed by atoms with Gasteiger partial charge < -0.3 is 14.3 Å². The number of carbonyl (C=O) groups excluding carboxylic acids is 2. The van der Waals surface area contributed by atoms with Gasteiger partial charge in [0.1, 0.15) is 0 Å². The molecule has 0 bridgehead atoms. The Labute approximate surface area is 56.3 Å². The molecule has 0 aliphatic rings. The molecule has 0 saturated carbocycles. The first-order chi connectivity index (χ1) is 2.91. The maximum atomic E-state index is 8.83. The van der Waals surface area contributed by atoms with Gasteiger partial charge in [-0.15, -0.1) is 0 Å². The Kier molecular flexibility index (Phi) is 91.9. The van der Waals surface area contributed by atoms with Crippen LogP contribution >= 0.6 is 0 Å². The molecule has 3 nitrogen and oxygen atoms in total. The van der Waals surface area contributed by atoms with E-state index in [4.69, 9.17) is 9.59 Å². The molecule has 0 unspecified atom stereocenters. The SMILES string of the molecule is CO[C-]=O.[CH-]=O.[W+2]. The largest absolute Gasteiger partial charge is 2.00 e. The van der Waals surface area contributed by atoms with Crippen LogP contribution in [0, 0.1) is 0 Å². The van der Waals surface area contributed by atoms with Crippen LogP contribution in [0.1, 0.15) is 0 Å². The van der Waals surface area contributed by atoms with Crippen LogP contribution in [0.2, 0.25) is 0 Å². The van der Waals surface area contributed by atoms with Crippen LogP contribution < -0.4 is 0 Å². The molecule has 0 atom stereocenters. The minimum absolute atomic E-state index is 0. The Balaban J connectivity index is -0.0000000480. The first kappa shape index (κ1) is 15.8. The Morgan fingerprint density at radius 2 is 1.71 bits per heavy atom.